The highest BCUT2D eigenvalue weighted by Gasteiger charge is 2.49. The van der Waals surface area contributed by atoms with E-state index in [1.807, 2.05) is 0 Å². The summed E-state index contributed by atoms with van der Waals surface area (Å²) in [6.07, 6.45) is -1.84. The number of imide groups is 1. The van der Waals surface area contributed by atoms with E-state index in [4.69, 9.17) is 0 Å². The molecule has 10 heteroatoms. The highest BCUT2D eigenvalue weighted by atomic mass is 19.4. The maximum atomic E-state index is 12.7. The summed E-state index contributed by atoms with van der Waals surface area (Å²) in [5.74, 6) is -0.690. The molecule has 1 N–H and O–H groups in total. The Balaban J connectivity index is 1.81. The number of aromatic nitrogens is 2. The maximum Gasteiger partial charge on any atom is 0.573 e. The van der Waals surface area contributed by atoms with Crippen LogP contribution in [-0.2, 0) is 16.9 Å². The quantitative estimate of drug-likeness (QED) is 0.840. The molecule has 0 bridgehead atoms. The van der Waals surface area contributed by atoms with Gasteiger partial charge in [0.15, 0.2) is 0 Å². The van der Waals surface area contributed by atoms with Gasteiger partial charge >= 0.3 is 12.4 Å². The fraction of sp³-hybridized carbons (Fsp3) is 0.250. The van der Waals surface area contributed by atoms with Crippen LogP contribution < -0.4 is 10.1 Å². The number of amides is 3. The van der Waals surface area contributed by atoms with E-state index in [0.717, 1.165) is 17.0 Å². The van der Waals surface area contributed by atoms with Crippen LogP contribution >= 0.6 is 0 Å². The number of hydrogen-bond donors (Lipinski definition) is 1. The molecule has 1 aliphatic heterocycles. The first-order chi connectivity index (χ1) is 12.2. The summed E-state index contributed by atoms with van der Waals surface area (Å²) < 4.78 is 40.5. The lowest BCUT2D eigenvalue weighted by Gasteiger charge is -2.22. The minimum atomic E-state index is -4.81. The molecule has 7 nitrogen and oxygen atoms in total. The standard InChI is InChI=1S/C16H13F3N4O3/c1-15(10-3-5-11(6-4-10)26-16(17,18)19)13(24)23(14(25)22-15)9-12-20-7-2-8-21-12/h2-8H,9H2,1H3,(H,22,25). The first-order valence-electron chi connectivity index (χ1n) is 7.45. The van der Waals surface area contributed by atoms with Crippen LogP contribution in [0, 0.1) is 0 Å². The summed E-state index contributed by atoms with van der Waals surface area (Å²) in [5.41, 5.74) is -1.09. The number of hydrogen-bond acceptors (Lipinski definition) is 5. The van der Waals surface area contributed by atoms with Crippen molar-refractivity contribution in [2.75, 3.05) is 0 Å². The molecule has 26 heavy (non-hydrogen) atoms. The number of nitrogens with one attached hydrogen (secondary N) is 1. The third-order valence-electron chi connectivity index (χ3n) is 3.86. The van der Waals surface area contributed by atoms with E-state index in [1.165, 1.54) is 31.5 Å². The third-order valence-corrected chi connectivity index (χ3v) is 3.86. The highest BCUT2D eigenvalue weighted by molar-refractivity contribution is 6.07. The van der Waals surface area contributed by atoms with Gasteiger partial charge < -0.3 is 10.1 Å². The van der Waals surface area contributed by atoms with Crippen molar-refractivity contribution < 1.29 is 27.5 Å². The Morgan fingerprint density at radius 1 is 1.15 bits per heavy atom. The number of alkyl halides is 3. The van der Waals surface area contributed by atoms with E-state index in [2.05, 4.69) is 20.0 Å². The Morgan fingerprint density at radius 3 is 2.35 bits per heavy atom. The lowest BCUT2D eigenvalue weighted by atomic mass is 9.92. The van der Waals surface area contributed by atoms with Gasteiger partial charge in [0, 0.05) is 12.4 Å². The van der Waals surface area contributed by atoms with Crippen LogP contribution in [0.1, 0.15) is 18.3 Å². The molecule has 0 aliphatic carbocycles. The lowest BCUT2D eigenvalue weighted by molar-refractivity contribution is -0.274. The van der Waals surface area contributed by atoms with Crippen LogP contribution in [0.15, 0.2) is 42.7 Å². The number of urea groups is 1. The minimum absolute atomic E-state index is 0.115. The summed E-state index contributed by atoms with van der Waals surface area (Å²) in [4.78, 5) is 33.8. The molecule has 0 radical (unpaired) electrons. The van der Waals surface area contributed by atoms with Crippen molar-refractivity contribution in [3.63, 3.8) is 0 Å². The minimum Gasteiger partial charge on any atom is -0.406 e. The molecule has 1 fully saturated rings. The summed E-state index contributed by atoms with van der Waals surface area (Å²) in [5, 5.41) is 2.55. The molecule has 2 heterocycles. The SMILES string of the molecule is CC1(c2ccc(OC(F)(F)F)cc2)NC(=O)N(Cc2ncccn2)C1=O. The highest BCUT2D eigenvalue weighted by Crippen LogP contribution is 2.31. The van der Waals surface area contributed by atoms with E-state index in [0.29, 0.717) is 5.56 Å². The summed E-state index contributed by atoms with van der Waals surface area (Å²) in [6.45, 7) is 1.36. The van der Waals surface area contributed by atoms with Crippen LogP contribution in [0.3, 0.4) is 0 Å². The van der Waals surface area contributed by atoms with Gasteiger partial charge in [0.2, 0.25) is 0 Å². The Kier molecular flexibility index (Phi) is 4.26. The van der Waals surface area contributed by atoms with Gasteiger partial charge in [0.05, 0.1) is 6.54 Å². The molecule has 1 aliphatic rings. The molecule has 1 aromatic carbocycles. The third kappa shape index (κ3) is 3.44. The molecule has 3 amide bonds. The van der Waals surface area contributed by atoms with Crippen molar-refractivity contribution in [2.45, 2.75) is 25.4 Å². The van der Waals surface area contributed by atoms with E-state index in [-0.39, 0.29) is 12.4 Å². The molecule has 136 valence electrons. The lowest BCUT2D eigenvalue weighted by Crippen LogP contribution is -2.40. The predicted molar refractivity (Wildman–Crippen MR) is 81.6 cm³/mol. The first-order valence-corrected chi connectivity index (χ1v) is 7.45. The number of carbonyl (C=O) groups excluding carboxylic acids is 2. The number of nitrogens with zero attached hydrogens (tertiary/aromatic N) is 3. The zero-order valence-electron chi connectivity index (χ0n) is 13.4. The number of carbonyl (C=O) groups is 2. The number of benzene rings is 1. The average molecular weight is 366 g/mol. The molecule has 0 spiro atoms. The largest absolute Gasteiger partial charge is 0.573 e. The second kappa shape index (κ2) is 6.28. The Hall–Kier alpha value is -3.17. The first kappa shape index (κ1) is 17.6. The molecule has 1 atom stereocenters. The second-order valence-electron chi connectivity index (χ2n) is 5.68. The molecule has 0 saturated carbocycles. The Labute approximate surface area is 145 Å². The van der Waals surface area contributed by atoms with Crippen LogP contribution in [0.4, 0.5) is 18.0 Å². The molecule has 1 unspecified atom stereocenters. The fourth-order valence-corrected chi connectivity index (χ4v) is 2.58. The van der Waals surface area contributed by atoms with Crippen molar-refractivity contribution in [3.8, 4) is 5.75 Å². The van der Waals surface area contributed by atoms with Crippen molar-refractivity contribution in [3.05, 3.63) is 54.1 Å². The molecular formula is C16H13F3N4O3. The van der Waals surface area contributed by atoms with Crippen LogP contribution in [0.5, 0.6) is 5.75 Å². The van der Waals surface area contributed by atoms with Crippen molar-refractivity contribution >= 4 is 11.9 Å². The van der Waals surface area contributed by atoms with E-state index in [1.54, 1.807) is 6.07 Å². The normalized spacial score (nSPS) is 20.2. The van der Waals surface area contributed by atoms with Gasteiger partial charge in [0.1, 0.15) is 17.1 Å². The van der Waals surface area contributed by atoms with Gasteiger partial charge in [-0.2, -0.15) is 0 Å². The monoisotopic (exact) mass is 366 g/mol. The topological polar surface area (TPSA) is 84.4 Å². The van der Waals surface area contributed by atoms with Crippen LogP contribution in [0.2, 0.25) is 0 Å². The molecule has 1 saturated heterocycles. The van der Waals surface area contributed by atoms with E-state index < -0.39 is 29.6 Å². The van der Waals surface area contributed by atoms with Gasteiger partial charge in [-0.15, -0.1) is 13.2 Å². The predicted octanol–water partition coefficient (Wildman–Crippen LogP) is 2.34. The zero-order chi connectivity index (χ0) is 18.9. The van der Waals surface area contributed by atoms with Gasteiger partial charge in [-0.3, -0.25) is 9.69 Å². The molecule has 1 aromatic heterocycles. The maximum absolute atomic E-state index is 12.7. The number of halogens is 3. The summed E-state index contributed by atoms with van der Waals surface area (Å²) >= 11 is 0. The smallest absolute Gasteiger partial charge is 0.406 e. The molecule has 3 rings (SSSR count). The van der Waals surface area contributed by atoms with Gasteiger partial charge in [-0.1, -0.05) is 12.1 Å². The number of ether oxygens (including phenoxy) is 1. The number of rotatable bonds is 4. The fourth-order valence-electron chi connectivity index (χ4n) is 2.58. The summed E-state index contributed by atoms with van der Waals surface area (Å²) in [7, 11) is 0. The van der Waals surface area contributed by atoms with Crippen molar-refractivity contribution in [2.24, 2.45) is 0 Å². The van der Waals surface area contributed by atoms with Crippen LogP contribution in [0.25, 0.3) is 0 Å². The van der Waals surface area contributed by atoms with E-state index in [9.17, 15) is 22.8 Å². The van der Waals surface area contributed by atoms with Gasteiger partial charge in [-0.05, 0) is 30.7 Å². The van der Waals surface area contributed by atoms with Gasteiger partial charge in [-0.25, -0.2) is 14.8 Å². The average Bonchev–Trinajstić information content (AvgIpc) is 2.79. The summed E-state index contributed by atoms with van der Waals surface area (Å²) in [6, 6.07) is 5.71. The Bertz CT molecular complexity index is 827. The van der Waals surface area contributed by atoms with Crippen molar-refractivity contribution in [1.29, 1.82) is 0 Å². The Morgan fingerprint density at radius 2 is 1.77 bits per heavy atom. The van der Waals surface area contributed by atoms with Crippen molar-refractivity contribution in [1.82, 2.24) is 20.2 Å². The second-order valence-corrected chi connectivity index (χ2v) is 5.68. The van der Waals surface area contributed by atoms with E-state index >= 15 is 0 Å². The zero-order valence-corrected chi connectivity index (χ0v) is 13.4. The van der Waals surface area contributed by atoms with Gasteiger partial charge in [0.25, 0.3) is 5.91 Å². The van der Waals surface area contributed by atoms with Crippen LogP contribution in [-0.4, -0.2) is 33.2 Å². The molecular weight excluding hydrogens is 353 g/mol. The molecule has 2 aromatic rings.